The van der Waals surface area contributed by atoms with Crippen LogP contribution in [0.2, 0.25) is 0 Å². The van der Waals surface area contributed by atoms with Gasteiger partial charge in [-0.15, -0.1) is 0 Å². The van der Waals surface area contributed by atoms with Crippen molar-refractivity contribution in [3.8, 4) is 17.0 Å². The van der Waals surface area contributed by atoms with E-state index in [9.17, 15) is 27.6 Å². The molecule has 0 radical (unpaired) electrons. The smallest absolute Gasteiger partial charge is 0.416 e. The first-order chi connectivity index (χ1) is 24.6. The van der Waals surface area contributed by atoms with Crippen LogP contribution >= 0.6 is 15.9 Å². The highest BCUT2D eigenvalue weighted by molar-refractivity contribution is 9.11. The zero-order valence-corrected chi connectivity index (χ0v) is 30.6. The van der Waals surface area contributed by atoms with E-state index in [1.807, 2.05) is 36.4 Å². The minimum Gasteiger partial charge on any atom is -0.497 e. The number of amides is 2. The summed E-state index contributed by atoms with van der Waals surface area (Å²) in [5.74, 6) is -1.16. The van der Waals surface area contributed by atoms with E-state index in [1.165, 1.54) is 48.4 Å². The summed E-state index contributed by atoms with van der Waals surface area (Å²) in [6.45, 7) is 4.95. The van der Waals surface area contributed by atoms with Gasteiger partial charge in [-0.1, -0.05) is 58.4 Å². The lowest BCUT2D eigenvalue weighted by Crippen LogP contribution is -2.38. The molecule has 0 saturated carbocycles. The molecule has 0 bridgehead atoms. The number of benzene rings is 3. The molecule has 0 atom stereocenters. The molecule has 5 rings (SSSR count). The largest absolute Gasteiger partial charge is 0.497 e. The fourth-order valence-electron chi connectivity index (χ4n) is 5.43. The zero-order chi connectivity index (χ0) is 37.6. The van der Waals surface area contributed by atoms with Gasteiger partial charge in [0, 0.05) is 28.9 Å². The zero-order valence-electron chi connectivity index (χ0n) is 29.0. The number of halogens is 4. The number of carbonyl (C=O) groups is 3. The third-order valence-corrected chi connectivity index (χ3v) is 8.58. The number of hydrogen-bond acceptors (Lipinski definition) is 7. The number of ether oxygens (including phenoxy) is 2. The average Bonchev–Trinajstić information content (AvgIpc) is 3.58. The number of nitrogens with zero attached hydrogens (tertiary/aromatic N) is 2. The second-order valence-electron chi connectivity index (χ2n) is 13.1. The van der Waals surface area contributed by atoms with Gasteiger partial charge in [-0.2, -0.15) is 13.2 Å². The van der Waals surface area contributed by atoms with Gasteiger partial charge in [-0.05, 0) is 85.6 Å². The Kier molecular flexibility index (Phi) is 11.7. The van der Waals surface area contributed by atoms with E-state index in [-0.39, 0.29) is 35.7 Å². The van der Waals surface area contributed by atoms with E-state index in [2.05, 4.69) is 26.2 Å². The minimum absolute atomic E-state index is 0.0226. The van der Waals surface area contributed by atoms with E-state index in [0.717, 1.165) is 40.1 Å². The van der Waals surface area contributed by atoms with Crippen molar-refractivity contribution in [2.45, 2.75) is 58.4 Å². The predicted octanol–water partition coefficient (Wildman–Crippen LogP) is 8.99. The Morgan fingerprint density at radius 1 is 0.962 bits per heavy atom. The maximum absolute atomic E-state index is 13.7. The van der Waals surface area contributed by atoms with Crippen LogP contribution in [0.25, 0.3) is 16.8 Å². The monoisotopic (exact) mass is 779 g/mol. The van der Waals surface area contributed by atoms with Crippen molar-refractivity contribution in [3.05, 3.63) is 118 Å². The number of oxazole rings is 1. The highest BCUT2D eigenvalue weighted by Crippen LogP contribution is 2.35. The number of allylic oxidation sites excluding steroid dienone is 4. The molecular formula is C39H37BrF3N3O6. The van der Waals surface area contributed by atoms with Crippen LogP contribution in [0.15, 0.2) is 94.0 Å². The number of carbonyl (C=O) groups excluding carboxylic acids is 3. The Bertz CT molecular complexity index is 2000. The summed E-state index contributed by atoms with van der Waals surface area (Å²) < 4.78 is 58.1. The summed E-state index contributed by atoms with van der Waals surface area (Å²) in [5, 5.41) is 2.58. The predicted molar refractivity (Wildman–Crippen MR) is 194 cm³/mol. The number of aromatic nitrogens is 1. The van der Waals surface area contributed by atoms with Crippen molar-refractivity contribution in [1.82, 2.24) is 9.88 Å². The normalized spacial score (nSPS) is 13.2. The summed E-state index contributed by atoms with van der Waals surface area (Å²) >= 11 is 3.50. The van der Waals surface area contributed by atoms with Crippen LogP contribution in [0, 0.1) is 0 Å². The summed E-state index contributed by atoms with van der Waals surface area (Å²) in [5.41, 5.74) is 1.79. The maximum atomic E-state index is 13.7. The fraction of sp³-hybridized carbons (Fsp3) is 0.282. The van der Waals surface area contributed by atoms with Gasteiger partial charge in [0.1, 0.15) is 29.9 Å². The van der Waals surface area contributed by atoms with Gasteiger partial charge in [-0.25, -0.2) is 4.98 Å². The molecule has 0 aliphatic heterocycles. The minimum atomic E-state index is -4.68. The van der Waals surface area contributed by atoms with Crippen LogP contribution in [0.4, 0.5) is 18.9 Å². The van der Waals surface area contributed by atoms with Gasteiger partial charge in [0.15, 0.2) is 0 Å². The van der Waals surface area contributed by atoms with Crippen LogP contribution in [0.1, 0.15) is 66.6 Å². The van der Waals surface area contributed by atoms with E-state index < -0.39 is 41.5 Å². The molecule has 1 heterocycles. The molecule has 0 unspecified atom stereocenters. The summed E-state index contributed by atoms with van der Waals surface area (Å²) in [6, 6.07) is 16.7. The fourth-order valence-corrected chi connectivity index (χ4v) is 5.76. The van der Waals surface area contributed by atoms with Gasteiger partial charge in [0.25, 0.3) is 5.91 Å². The first kappa shape index (κ1) is 38.1. The number of hydrogen-bond donors (Lipinski definition) is 1. The van der Waals surface area contributed by atoms with Gasteiger partial charge in [-0.3, -0.25) is 14.4 Å². The van der Waals surface area contributed by atoms with Gasteiger partial charge in [0.2, 0.25) is 11.8 Å². The van der Waals surface area contributed by atoms with Crippen LogP contribution in [-0.2, 0) is 33.5 Å². The Labute approximate surface area is 307 Å². The summed E-state index contributed by atoms with van der Waals surface area (Å²) in [7, 11) is 1.26. The first-order valence-corrected chi connectivity index (χ1v) is 17.1. The quantitative estimate of drug-likeness (QED) is 0.151. The SMILES string of the molecule is COc1ccc(CC(=O)Nc2ccc(C(=O)N(CC(=O)OC(C)(C)C)Cc3ccc(-c4coc(C5=CC=C(Br)CC5)n4)cc3)cc2)c(C(F)(F)F)c1. The maximum Gasteiger partial charge on any atom is 0.416 e. The molecule has 0 spiro atoms. The molecule has 4 aromatic rings. The molecule has 52 heavy (non-hydrogen) atoms. The number of rotatable bonds is 11. The van der Waals surface area contributed by atoms with Crippen molar-refractivity contribution in [3.63, 3.8) is 0 Å². The van der Waals surface area contributed by atoms with Gasteiger partial charge >= 0.3 is 12.1 Å². The molecule has 1 aliphatic carbocycles. The van der Waals surface area contributed by atoms with Crippen molar-refractivity contribution in [1.29, 1.82) is 0 Å². The van der Waals surface area contributed by atoms with Crippen molar-refractivity contribution >= 4 is 45.0 Å². The number of esters is 1. The second kappa shape index (κ2) is 16.0. The second-order valence-corrected chi connectivity index (χ2v) is 14.1. The van der Waals surface area contributed by atoms with Crippen LogP contribution in [-0.4, -0.2) is 46.9 Å². The molecular weight excluding hydrogens is 743 g/mol. The average molecular weight is 781 g/mol. The molecule has 0 fully saturated rings. The van der Waals surface area contributed by atoms with Crippen LogP contribution in [0.5, 0.6) is 5.75 Å². The van der Waals surface area contributed by atoms with Gasteiger partial charge < -0.3 is 24.1 Å². The highest BCUT2D eigenvalue weighted by atomic mass is 79.9. The molecule has 13 heteroatoms. The lowest BCUT2D eigenvalue weighted by molar-refractivity contribution is -0.155. The lowest BCUT2D eigenvalue weighted by Gasteiger charge is -2.25. The third kappa shape index (κ3) is 10.2. The van der Waals surface area contributed by atoms with E-state index in [0.29, 0.717) is 11.6 Å². The molecule has 1 aromatic heterocycles. The first-order valence-electron chi connectivity index (χ1n) is 16.3. The van der Waals surface area contributed by atoms with E-state index in [4.69, 9.17) is 13.9 Å². The van der Waals surface area contributed by atoms with Crippen molar-refractivity contribution < 1.29 is 41.4 Å². The van der Waals surface area contributed by atoms with Crippen molar-refractivity contribution in [2.75, 3.05) is 19.0 Å². The molecule has 272 valence electrons. The molecule has 9 nitrogen and oxygen atoms in total. The summed E-state index contributed by atoms with van der Waals surface area (Å²) in [6.07, 6.45) is 2.03. The molecule has 3 aromatic carbocycles. The molecule has 2 amide bonds. The third-order valence-electron chi connectivity index (χ3n) is 7.92. The van der Waals surface area contributed by atoms with Crippen LogP contribution < -0.4 is 10.1 Å². The molecule has 1 aliphatic rings. The number of alkyl halides is 3. The Morgan fingerprint density at radius 2 is 1.67 bits per heavy atom. The Morgan fingerprint density at radius 3 is 2.29 bits per heavy atom. The summed E-state index contributed by atoms with van der Waals surface area (Å²) in [4.78, 5) is 45.3. The van der Waals surface area contributed by atoms with E-state index >= 15 is 0 Å². The lowest BCUT2D eigenvalue weighted by atomic mass is 10.0. The Balaban J connectivity index is 1.28. The van der Waals surface area contributed by atoms with E-state index in [1.54, 1.807) is 27.0 Å². The molecule has 1 N–H and O–H groups in total. The van der Waals surface area contributed by atoms with Crippen molar-refractivity contribution in [2.24, 2.45) is 0 Å². The molecule has 0 saturated heterocycles. The van der Waals surface area contributed by atoms with Gasteiger partial charge in [0.05, 0.1) is 19.1 Å². The number of anilines is 1. The number of nitrogens with one attached hydrogen (secondary N) is 1. The standard InChI is InChI=1S/C39H37BrF3N3O6/c1-38(2,3)52-35(48)22-46(21-24-5-7-25(8-6-24)33-23-51-36(45-33)26-9-14-29(40)15-10-26)37(49)27-11-16-30(17-12-27)44-34(47)19-28-13-18-31(50-4)20-32(28)39(41,42)43/h5-9,11-14,16-18,20,23H,10,15,19,21-22H2,1-4H3,(H,44,47). The number of methoxy groups -OCH3 is 1. The van der Waals surface area contributed by atoms with Crippen LogP contribution in [0.3, 0.4) is 0 Å². The Hall–Kier alpha value is -5.17. The highest BCUT2D eigenvalue weighted by Gasteiger charge is 2.34. The topological polar surface area (TPSA) is 111 Å².